The number of hydrogen-bond acceptors (Lipinski definition) is 5. The van der Waals surface area contributed by atoms with Gasteiger partial charge >= 0.3 is 6.03 Å². The summed E-state index contributed by atoms with van der Waals surface area (Å²) in [6, 6.07) is 3.67. The summed E-state index contributed by atoms with van der Waals surface area (Å²) in [7, 11) is -3.12. The lowest BCUT2D eigenvalue weighted by Gasteiger charge is -2.32. The first-order chi connectivity index (χ1) is 10.4. The molecule has 122 valence electrons. The average Bonchev–Trinajstić information content (AvgIpc) is 2.98. The quantitative estimate of drug-likeness (QED) is 0.874. The van der Waals surface area contributed by atoms with Crippen molar-refractivity contribution in [3.05, 3.63) is 24.2 Å². The fraction of sp³-hybridized carbons (Fsp3) is 0.643. The minimum Gasteiger partial charge on any atom is -0.469 e. The summed E-state index contributed by atoms with van der Waals surface area (Å²) >= 11 is 0. The molecule has 22 heavy (non-hydrogen) atoms. The number of sulfone groups is 1. The van der Waals surface area contributed by atoms with Gasteiger partial charge in [0.15, 0.2) is 0 Å². The summed E-state index contributed by atoms with van der Waals surface area (Å²) < 4.78 is 33.4. The molecule has 1 saturated carbocycles. The van der Waals surface area contributed by atoms with Crippen molar-refractivity contribution in [2.45, 2.75) is 24.5 Å². The first-order valence-corrected chi connectivity index (χ1v) is 9.36. The Labute approximate surface area is 129 Å². The Morgan fingerprint density at radius 1 is 1.50 bits per heavy atom. The molecular weight excluding hydrogens is 308 g/mol. The number of nitrogens with zero attached hydrogens (tertiary/aromatic N) is 1. The fourth-order valence-electron chi connectivity index (χ4n) is 2.76. The van der Waals surface area contributed by atoms with Gasteiger partial charge in [-0.1, -0.05) is 0 Å². The number of furan rings is 1. The Kier molecular flexibility index (Phi) is 4.14. The molecule has 1 aromatic heterocycles. The van der Waals surface area contributed by atoms with Crippen LogP contribution in [0.2, 0.25) is 0 Å². The highest BCUT2D eigenvalue weighted by Gasteiger charge is 2.42. The monoisotopic (exact) mass is 328 g/mol. The van der Waals surface area contributed by atoms with Crippen LogP contribution in [0.25, 0.3) is 0 Å². The summed E-state index contributed by atoms with van der Waals surface area (Å²) in [5.41, 5.74) is 0. The van der Waals surface area contributed by atoms with Crippen LogP contribution in [0.5, 0.6) is 0 Å². The Bertz CT molecular complexity index is 628. The first kappa shape index (κ1) is 15.4. The van der Waals surface area contributed by atoms with E-state index in [-0.39, 0.29) is 23.7 Å². The minimum absolute atomic E-state index is 0.0603. The van der Waals surface area contributed by atoms with Gasteiger partial charge in [0.25, 0.3) is 0 Å². The second-order valence-corrected chi connectivity index (χ2v) is 8.13. The van der Waals surface area contributed by atoms with Crippen LogP contribution < -0.4 is 5.32 Å². The van der Waals surface area contributed by atoms with Crippen molar-refractivity contribution in [2.75, 3.05) is 31.7 Å². The van der Waals surface area contributed by atoms with Gasteiger partial charge in [0.2, 0.25) is 0 Å². The van der Waals surface area contributed by atoms with E-state index in [0.717, 1.165) is 12.2 Å². The molecule has 0 spiro atoms. The maximum Gasteiger partial charge on any atom is 0.317 e. The lowest BCUT2D eigenvalue weighted by molar-refractivity contribution is -0.00173. The maximum absolute atomic E-state index is 12.3. The van der Waals surface area contributed by atoms with Gasteiger partial charge in [-0.05, 0) is 18.6 Å². The van der Waals surface area contributed by atoms with Crippen molar-refractivity contribution >= 4 is 15.9 Å². The van der Waals surface area contributed by atoms with Gasteiger partial charge in [0.05, 0.1) is 24.7 Å². The molecule has 0 radical (unpaired) electrons. The highest BCUT2D eigenvalue weighted by atomic mass is 32.2. The summed E-state index contributed by atoms with van der Waals surface area (Å²) in [4.78, 5) is 13.9. The number of urea groups is 1. The lowest BCUT2D eigenvalue weighted by atomic mass is 10.3. The molecule has 1 aliphatic carbocycles. The predicted molar refractivity (Wildman–Crippen MR) is 79.4 cm³/mol. The van der Waals surface area contributed by atoms with Crippen molar-refractivity contribution in [1.29, 1.82) is 0 Å². The highest BCUT2D eigenvalue weighted by Crippen LogP contribution is 2.41. The molecule has 8 heteroatoms. The SMILES string of the molecule is CS(=O)(=O)CC1CN(C(=O)N[C@@H]2C[C@H]2c2ccco2)CCO1. The van der Waals surface area contributed by atoms with E-state index >= 15 is 0 Å². The molecule has 3 rings (SSSR count). The molecule has 1 aromatic rings. The molecule has 1 aliphatic heterocycles. The number of carbonyl (C=O) groups excluding carboxylic acids is 1. The Hall–Kier alpha value is -1.54. The topological polar surface area (TPSA) is 88.9 Å². The maximum atomic E-state index is 12.3. The standard InChI is InChI=1S/C14H20N2O5S/c1-22(18,19)9-10-8-16(4-6-20-10)14(17)15-12-7-11(12)13-3-2-5-21-13/h2-3,5,10-12H,4,6-9H2,1H3,(H,15,17)/t10?,11-,12-/m1/s1. The smallest absolute Gasteiger partial charge is 0.317 e. The van der Waals surface area contributed by atoms with Gasteiger partial charge in [-0.3, -0.25) is 0 Å². The zero-order valence-corrected chi connectivity index (χ0v) is 13.2. The van der Waals surface area contributed by atoms with Crippen molar-refractivity contribution in [3.63, 3.8) is 0 Å². The van der Waals surface area contributed by atoms with E-state index in [4.69, 9.17) is 9.15 Å². The Balaban J connectivity index is 1.50. The third kappa shape index (κ3) is 3.80. The van der Waals surface area contributed by atoms with Gasteiger partial charge in [-0.25, -0.2) is 13.2 Å². The molecule has 2 aliphatic rings. The molecule has 2 fully saturated rings. The third-order valence-corrected chi connectivity index (χ3v) is 4.90. The molecule has 0 aromatic carbocycles. The molecule has 1 N–H and O–H groups in total. The van der Waals surface area contributed by atoms with Crippen molar-refractivity contribution in [1.82, 2.24) is 10.2 Å². The lowest BCUT2D eigenvalue weighted by Crippen LogP contribution is -2.51. The number of morpholine rings is 1. The van der Waals surface area contributed by atoms with Crippen LogP contribution in [0.15, 0.2) is 22.8 Å². The summed E-state index contributed by atoms with van der Waals surface area (Å²) in [6.45, 7) is 1.14. The zero-order chi connectivity index (χ0) is 15.7. The number of rotatable bonds is 4. The van der Waals surface area contributed by atoms with E-state index in [0.29, 0.717) is 19.7 Å². The predicted octanol–water partition coefficient (Wildman–Crippen LogP) is 0.590. The van der Waals surface area contributed by atoms with Gasteiger partial charge in [0.1, 0.15) is 15.6 Å². The number of nitrogens with one attached hydrogen (secondary N) is 1. The van der Waals surface area contributed by atoms with Gasteiger partial charge < -0.3 is 19.4 Å². The van der Waals surface area contributed by atoms with E-state index in [1.165, 1.54) is 6.26 Å². The second-order valence-electron chi connectivity index (χ2n) is 5.94. The number of carbonyl (C=O) groups is 1. The van der Waals surface area contributed by atoms with E-state index in [1.54, 1.807) is 11.2 Å². The molecule has 0 bridgehead atoms. The van der Waals surface area contributed by atoms with E-state index in [1.807, 2.05) is 12.1 Å². The fourth-order valence-corrected chi connectivity index (χ4v) is 3.64. The molecule has 1 saturated heterocycles. The van der Waals surface area contributed by atoms with Gasteiger partial charge in [-0.2, -0.15) is 0 Å². The van der Waals surface area contributed by atoms with Crippen LogP contribution in [-0.2, 0) is 14.6 Å². The molecule has 2 amide bonds. The van der Waals surface area contributed by atoms with Crippen LogP contribution in [0.4, 0.5) is 4.79 Å². The number of ether oxygens (including phenoxy) is 1. The van der Waals surface area contributed by atoms with E-state index < -0.39 is 15.9 Å². The minimum atomic E-state index is -3.12. The summed E-state index contributed by atoms with van der Waals surface area (Å²) in [5.74, 6) is 1.07. The Morgan fingerprint density at radius 2 is 2.32 bits per heavy atom. The van der Waals surface area contributed by atoms with Crippen LogP contribution in [0.3, 0.4) is 0 Å². The van der Waals surface area contributed by atoms with Gasteiger partial charge in [0, 0.05) is 31.3 Å². The van der Waals surface area contributed by atoms with Crippen molar-refractivity contribution in [3.8, 4) is 0 Å². The van der Waals surface area contributed by atoms with Crippen LogP contribution >= 0.6 is 0 Å². The van der Waals surface area contributed by atoms with Crippen molar-refractivity contribution in [2.24, 2.45) is 0 Å². The van der Waals surface area contributed by atoms with E-state index in [9.17, 15) is 13.2 Å². The first-order valence-electron chi connectivity index (χ1n) is 7.30. The zero-order valence-electron chi connectivity index (χ0n) is 12.4. The largest absolute Gasteiger partial charge is 0.469 e. The molecular formula is C14H20N2O5S. The van der Waals surface area contributed by atoms with Crippen LogP contribution in [-0.4, -0.2) is 63.2 Å². The summed E-state index contributed by atoms with van der Waals surface area (Å²) in [6.07, 6.45) is 3.23. The second kappa shape index (κ2) is 5.92. The third-order valence-electron chi connectivity index (χ3n) is 3.92. The Morgan fingerprint density at radius 3 is 3.00 bits per heavy atom. The van der Waals surface area contributed by atoms with Crippen LogP contribution in [0, 0.1) is 0 Å². The van der Waals surface area contributed by atoms with Crippen LogP contribution in [0.1, 0.15) is 18.1 Å². The molecule has 2 heterocycles. The molecule has 3 atom stereocenters. The normalized spacial score (nSPS) is 28.4. The number of amides is 2. The molecule has 1 unspecified atom stereocenters. The molecule has 7 nitrogen and oxygen atoms in total. The average molecular weight is 328 g/mol. The number of hydrogen-bond donors (Lipinski definition) is 1. The summed E-state index contributed by atoms with van der Waals surface area (Å²) in [5, 5.41) is 2.97. The van der Waals surface area contributed by atoms with Gasteiger partial charge in [-0.15, -0.1) is 0 Å². The van der Waals surface area contributed by atoms with Crippen molar-refractivity contribution < 1.29 is 22.4 Å². The highest BCUT2D eigenvalue weighted by molar-refractivity contribution is 7.90. The van der Waals surface area contributed by atoms with E-state index in [2.05, 4.69) is 5.32 Å².